The van der Waals surface area contributed by atoms with Crippen LogP contribution in [0.3, 0.4) is 0 Å². The largest absolute Gasteiger partial charge is 0.493 e. The first-order valence-electron chi connectivity index (χ1n) is 9.23. The Morgan fingerprint density at radius 2 is 1.55 bits per heavy atom. The zero-order chi connectivity index (χ0) is 20.4. The summed E-state index contributed by atoms with van der Waals surface area (Å²) < 4.78 is 1.49. The summed E-state index contributed by atoms with van der Waals surface area (Å²) >= 11 is 0. The Bertz CT molecular complexity index is 1140. The summed E-state index contributed by atoms with van der Waals surface area (Å²) in [6, 6.07) is 18.7. The highest BCUT2D eigenvalue weighted by atomic mass is 16.3. The van der Waals surface area contributed by atoms with Gasteiger partial charge in [-0.2, -0.15) is 15.2 Å². The monoisotopic (exact) mass is 384 g/mol. The van der Waals surface area contributed by atoms with Crippen LogP contribution in [-0.2, 0) is 4.79 Å². The molecule has 6 heteroatoms. The highest BCUT2D eigenvalue weighted by Gasteiger charge is 2.27. The van der Waals surface area contributed by atoms with E-state index in [9.17, 15) is 9.90 Å². The molecule has 0 bridgehead atoms. The number of allylic oxidation sites excluding steroid dienone is 2. The quantitative estimate of drug-likeness (QED) is 0.684. The highest BCUT2D eigenvalue weighted by molar-refractivity contribution is 6.29. The van der Waals surface area contributed by atoms with Crippen molar-refractivity contribution in [1.29, 1.82) is 0 Å². The van der Waals surface area contributed by atoms with Crippen molar-refractivity contribution in [1.82, 2.24) is 9.78 Å². The van der Waals surface area contributed by atoms with E-state index < -0.39 is 0 Å². The van der Waals surface area contributed by atoms with E-state index in [1.54, 1.807) is 25.2 Å². The zero-order valence-electron chi connectivity index (χ0n) is 16.1. The maximum atomic E-state index is 12.7. The molecule has 0 atom stereocenters. The van der Waals surface area contributed by atoms with Crippen LogP contribution in [0.1, 0.15) is 18.2 Å². The van der Waals surface area contributed by atoms with Gasteiger partial charge in [0.2, 0.25) is 5.88 Å². The lowest BCUT2D eigenvalue weighted by Gasteiger charge is -2.10. The molecule has 144 valence electrons. The molecule has 0 saturated carbocycles. The number of aromatic hydroxyl groups is 1. The minimum absolute atomic E-state index is 0.0531. The van der Waals surface area contributed by atoms with Gasteiger partial charge < -0.3 is 5.11 Å². The standard InChI is InChI=1S/C23H20N4O2/c1-16-20(22(28)26(24-16)18-10-5-3-6-11-18)14-9-15-21-17(2)25-27(23(21)29)19-12-7-4-8-13-19/h3-15,28H,1-2H3/b14-9+,21-15-. The molecule has 3 aromatic rings. The fourth-order valence-electron chi connectivity index (χ4n) is 3.17. The third-order valence-corrected chi connectivity index (χ3v) is 4.67. The van der Waals surface area contributed by atoms with Crippen molar-refractivity contribution >= 4 is 23.4 Å². The minimum Gasteiger partial charge on any atom is -0.493 e. The summed E-state index contributed by atoms with van der Waals surface area (Å²) in [5, 5.41) is 20.7. The van der Waals surface area contributed by atoms with Crippen molar-refractivity contribution in [2.24, 2.45) is 5.10 Å². The van der Waals surface area contributed by atoms with Crippen LogP contribution in [0.4, 0.5) is 5.69 Å². The number of amides is 1. The number of carbonyl (C=O) groups excluding carboxylic acids is 1. The molecule has 4 rings (SSSR count). The van der Waals surface area contributed by atoms with Crippen LogP contribution in [0.15, 0.2) is 83.5 Å². The number of carbonyl (C=O) groups is 1. The Labute approximate surface area is 168 Å². The number of hydrogen-bond acceptors (Lipinski definition) is 4. The van der Waals surface area contributed by atoms with Gasteiger partial charge in [0, 0.05) is 0 Å². The second-order valence-corrected chi connectivity index (χ2v) is 6.65. The van der Waals surface area contributed by atoms with Crippen molar-refractivity contribution in [2.45, 2.75) is 13.8 Å². The van der Waals surface area contributed by atoms with Crippen LogP contribution in [0, 0.1) is 6.92 Å². The fraction of sp³-hybridized carbons (Fsp3) is 0.0870. The van der Waals surface area contributed by atoms with Gasteiger partial charge in [-0.05, 0) is 50.3 Å². The average molecular weight is 384 g/mol. The first-order chi connectivity index (χ1) is 14.1. The summed E-state index contributed by atoms with van der Waals surface area (Å²) in [7, 11) is 0. The van der Waals surface area contributed by atoms with E-state index in [2.05, 4.69) is 10.2 Å². The van der Waals surface area contributed by atoms with E-state index in [0.29, 0.717) is 22.5 Å². The molecule has 0 radical (unpaired) electrons. The average Bonchev–Trinajstić information content (AvgIpc) is 3.19. The molecule has 1 aromatic heterocycles. The lowest BCUT2D eigenvalue weighted by molar-refractivity contribution is -0.114. The Kier molecular flexibility index (Phi) is 4.83. The third kappa shape index (κ3) is 3.48. The predicted molar refractivity (Wildman–Crippen MR) is 114 cm³/mol. The summed E-state index contributed by atoms with van der Waals surface area (Å²) in [6.45, 7) is 3.63. The van der Waals surface area contributed by atoms with Crippen LogP contribution in [0.5, 0.6) is 5.88 Å². The fourth-order valence-corrected chi connectivity index (χ4v) is 3.17. The van der Waals surface area contributed by atoms with Crippen LogP contribution in [-0.4, -0.2) is 26.5 Å². The van der Waals surface area contributed by atoms with Gasteiger partial charge >= 0.3 is 0 Å². The van der Waals surface area contributed by atoms with Gasteiger partial charge in [-0.3, -0.25) is 4.79 Å². The number of rotatable bonds is 4. The number of aryl methyl sites for hydroxylation is 1. The SMILES string of the molecule is CC1=NN(c2ccccc2)C(=O)/C1=C\C=C\c1c(C)nn(-c2ccccc2)c1O. The smallest absolute Gasteiger partial charge is 0.280 e. The number of aromatic nitrogens is 2. The second-order valence-electron chi connectivity index (χ2n) is 6.65. The maximum Gasteiger partial charge on any atom is 0.280 e. The van der Waals surface area contributed by atoms with E-state index in [4.69, 9.17) is 0 Å². The predicted octanol–water partition coefficient (Wildman–Crippen LogP) is 4.25. The van der Waals surface area contributed by atoms with E-state index in [-0.39, 0.29) is 11.8 Å². The highest BCUT2D eigenvalue weighted by Crippen LogP contribution is 2.27. The van der Waals surface area contributed by atoms with Crippen molar-refractivity contribution < 1.29 is 9.90 Å². The van der Waals surface area contributed by atoms with Crippen molar-refractivity contribution in [3.05, 3.63) is 89.6 Å². The molecule has 6 nitrogen and oxygen atoms in total. The topological polar surface area (TPSA) is 70.7 Å². The lowest BCUT2D eigenvalue weighted by atomic mass is 10.1. The van der Waals surface area contributed by atoms with Crippen LogP contribution in [0.25, 0.3) is 11.8 Å². The number of benzene rings is 2. The molecule has 0 spiro atoms. The minimum atomic E-state index is -0.181. The Hall–Kier alpha value is -3.93. The summed E-state index contributed by atoms with van der Waals surface area (Å²) in [6.07, 6.45) is 5.19. The molecule has 2 aromatic carbocycles. The van der Waals surface area contributed by atoms with Gasteiger partial charge in [-0.25, -0.2) is 4.68 Å². The summed E-state index contributed by atoms with van der Waals surface area (Å²) in [5.74, 6) is -0.128. The number of hydrazone groups is 1. The van der Waals surface area contributed by atoms with Crippen molar-refractivity contribution in [3.8, 4) is 11.6 Å². The molecule has 0 fully saturated rings. The van der Waals surface area contributed by atoms with E-state index in [1.165, 1.54) is 9.69 Å². The molecule has 0 aliphatic carbocycles. The van der Waals surface area contributed by atoms with Crippen LogP contribution < -0.4 is 5.01 Å². The molecule has 0 unspecified atom stereocenters. The normalized spacial score (nSPS) is 15.5. The van der Waals surface area contributed by atoms with E-state index in [0.717, 1.165) is 11.4 Å². The summed E-state index contributed by atoms with van der Waals surface area (Å²) in [4.78, 5) is 12.7. The molecule has 29 heavy (non-hydrogen) atoms. The second kappa shape index (κ2) is 7.59. The van der Waals surface area contributed by atoms with Gasteiger partial charge in [-0.1, -0.05) is 42.5 Å². The van der Waals surface area contributed by atoms with Gasteiger partial charge in [0.25, 0.3) is 5.91 Å². The molecule has 0 saturated heterocycles. The Morgan fingerprint density at radius 1 is 0.931 bits per heavy atom. The van der Waals surface area contributed by atoms with Crippen LogP contribution in [0.2, 0.25) is 0 Å². The molecule has 1 amide bonds. The van der Waals surface area contributed by atoms with Gasteiger partial charge in [0.15, 0.2) is 0 Å². The number of para-hydroxylation sites is 2. The Balaban J connectivity index is 1.59. The lowest BCUT2D eigenvalue weighted by Crippen LogP contribution is -2.21. The number of anilines is 1. The van der Waals surface area contributed by atoms with Gasteiger partial charge in [0.1, 0.15) is 0 Å². The first-order valence-corrected chi connectivity index (χ1v) is 9.23. The summed E-state index contributed by atoms with van der Waals surface area (Å²) in [5.41, 5.74) is 3.95. The van der Waals surface area contributed by atoms with Crippen molar-refractivity contribution in [3.63, 3.8) is 0 Å². The molecule has 1 aliphatic rings. The van der Waals surface area contributed by atoms with Gasteiger partial charge in [-0.15, -0.1) is 0 Å². The molecule has 1 N–H and O–H groups in total. The van der Waals surface area contributed by atoms with Gasteiger partial charge in [0.05, 0.1) is 33.9 Å². The molecule has 2 heterocycles. The first kappa shape index (κ1) is 18.4. The van der Waals surface area contributed by atoms with E-state index >= 15 is 0 Å². The van der Waals surface area contributed by atoms with E-state index in [1.807, 2.05) is 67.6 Å². The molecule has 1 aliphatic heterocycles. The number of hydrogen-bond donors (Lipinski definition) is 1. The van der Waals surface area contributed by atoms with Crippen LogP contribution >= 0.6 is 0 Å². The zero-order valence-corrected chi connectivity index (χ0v) is 16.1. The molecular weight excluding hydrogens is 364 g/mol. The maximum absolute atomic E-state index is 12.7. The third-order valence-electron chi connectivity index (χ3n) is 4.67. The molecular formula is C23H20N4O2. The number of nitrogens with zero attached hydrogens (tertiary/aromatic N) is 4. The van der Waals surface area contributed by atoms with Crippen molar-refractivity contribution in [2.75, 3.05) is 5.01 Å². The Morgan fingerprint density at radius 3 is 2.21 bits per heavy atom.